The fraction of sp³-hybridized carbons (Fsp3) is 0.308. The van der Waals surface area contributed by atoms with Crippen molar-refractivity contribution in [3.63, 3.8) is 0 Å². The highest BCUT2D eigenvalue weighted by atomic mass is 32.2. The second-order valence-corrected chi connectivity index (χ2v) is 6.30. The number of hydrogen-bond acceptors (Lipinski definition) is 4. The molecule has 1 atom stereocenters. The Labute approximate surface area is 118 Å². The van der Waals surface area contributed by atoms with E-state index in [1.807, 2.05) is 41.4 Å². The first-order valence-corrected chi connectivity index (χ1v) is 7.85. The van der Waals surface area contributed by atoms with E-state index in [1.165, 1.54) is 4.31 Å². The Hall–Kier alpha value is -1.70. The topological polar surface area (TPSA) is 79.0 Å². The van der Waals surface area contributed by atoms with Crippen LogP contribution in [0.5, 0.6) is 0 Å². The van der Waals surface area contributed by atoms with Crippen molar-refractivity contribution in [3.8, 4) is 0 Å². The lowest BCUT2D eigenvalue weighted by atomic mass is 9.87. The Balaban J connectivity index is 2.09. The standard InChI is InChI=1S/C13H16N4O2S/c14-20(18,19)17-10-7-13(17,12-5-2-1-3-6-12)16-9-4-8-15-11-16/h1-6,8-9H,7,10-11H2,(H2,14,18,19). The third kappa shape index (κ3) is 1.94. The van der Waals surface area contributed by atoms with E-state index in [4.69, 9.17) is 5.14 Å². The molecule has 2 heterocycles. The van der Waals surface area contributed by atoms with Crippen LogP contribution >= 0.6 is 0 Å². The van der Waals surface area contributed by atoms with Gasteiger partial charge in [-0.15, -0.1) is 0 Å². The SMILES string of the molecule is NS(=O)(=O)N1CCC1(c1ccccc1)N1C=CC=NC1. The van der Waals surface area contributed by atoms with Crippen molar-refractivity contribution in [1.29, 1.82) is 0 Å². The van der Waals surface area contributed by atoms with Crippen LogP contribution in [0.15, 0.2) is 47.6 Å². The van der Waals surface area contributed by atoms with Crippen molar-refractivity contribution >= 4 is 16.4 Å². The molecule has 2 aliphatic heterocycles. The van der Waals surface area contributed by atoms with Crippen molar-refractivity contribution < 1.29 is 8.42 Å². The van der Waals surface area contributed by atoms with Crippen molar-refractivity contribution in [2.75, 3.05) is 13.2 Å². The molecule has 20 heavy (non-hydrogen) atoms. The van der Waals surface area contributed by atoms with Crippen molar-refractivity contribution in [3.05, 3.63) is 48.2 Å². The molecule has 1 aromatic carbocycles. The summed E-state index contributed by atoms with van der Waals surface area (Å²) < 4.78 is 25.1. The number of benzene rings is 1. The summed E-state index contributed by atoms with van der Waals surface area (Å²) in [7, 11) is -3.77. The van der Waals surface area contributed by atoms with E-state index in [1.54, 1.807) is 12.3 Å². The monoisotopic (exact) mass is 292 g/mol. The van der Waals surface area contributed by atoms with Crippen LogP contribution in [0.4, 0.5) is 0 Å². The molecule has 0 spiro atoms. The molecular weight excluding hydrogens is 276 g/mol. The summed E-state index contributed by atoms with van der Waals surface area (Å²) in [6.45, 7) is 0.833. The molecule has 0 aromatic heterocycles. The lowest BCUT2D eigenvalue weighted by molar-refractivity contribution is -0.0594. The number of aliphatic imine (C=N–C) groups is 1. The van der Waals surface area contributed by atoms with Gasteiger partial charge in [0, 0.05) is 25.4 Å². The smallest absolute Gasteiger partial charge is 0.279 e. The largest absolute Gasteiger partial charge is 0.335 e. The van der Waals surface area contributed by atoms with Crippen LogP contribution < -0.4 is 5.14 Å². The van der Waals surface area contributed by atoms with E-state index >= 15 is 0 Å². The highest BCUT2D eigenvalue weighted by Crippen LogP contribution is 2.45. The highest BCUT2D eigenvalue weighted by Gasteiger charge is 2.54. The molecule has 106 valence electrons. The van der Waals surface area contributed by atoms with Gasteiger partial charge in [-0.25, -0.2) is 5.14 Å². The molecule has 7 heteroatoms. The Kier molecular flexibility index (Phi) is 3.12. The molecule has 0 aliphatic carbocycles. The predicted molar refractivity (Wildman–Crippen MR) is 76.9 cm³/mol. The van der Waals surface area contributed by atoms with E-state index in [9.17, 15) is 8.42 Å². The van der Waals surface area contributed by atoms with Gasteiger partial charge in [-0.2, -0.15) is 12.7 Å². The van der Waals surface area contributed by atoms with Gasteiger partial charge in [0.15, 0.2) is 0 Å². The fourth-order valence-corrected chi connectivity index (χ4v) is 3.89. The molecule has 0 saturated carbocycles. The molecule has 3 rings (SSSR count). The highest BCUT2D eigenvalue weighted by molar-refractivity contribution is 7.86. The lowest BCUT2D eigenvalue weighted by Gasteiger charge is -2.56. The van der Waals surface area contributed by atoms with E-state index < -0.39 is 15.9 Å². The third-order valence-electron chi connectivity index (χ3n) is 3.79. The summed E-state index contributed by atoms with van der Waals surface area (Å²) in [5.74, 6) is 0. The van der Waals surface area contributed by atoms with E-state index in [0.717, 1.165) is 5.56 Å². The van der Waals surface area contributed by atoms with Gasteiger partial charge in [0.2, 0.25) is 0 Å². The average Bonchev–Trinajstić information content (AvgIpc) is 2.39. The summed E-state index contributed by atoms with van der Waals surface area (Å²) in [6.07, 6.45) is 6.05. The zero-order valence-electron chi connectivity index (χ0n) is 10.9. The van der Waals surface area contributed by atoms with Gasteiger partial charge in [0.1, 0.15) is 12.3 Å². The first kappa shape index (κ1) is 13.3. The Morgan fingerprint density at radius 3 is 2.50 bits per heavy atom. The second-order valence-electron chi connectivity index (χ2n) is 4.83. The van der Waals surface area contributed by atoms with Gasteiger partial charge in [0.25, 0.3) is 10.2 Å². The molecule has 0 amide bonds. The van der Waals surface area contributed by atoms with Crippen LogP contribution in [-0.4, -0.2) is 37.1 Å². The number of hydrogen-bond donors (Lipinski definition) is 1. The zero-order valence-corrected chi connectivity index (χ0v) is 11.7. The van der Waals surface area contributed by atoms with Crippen LogP contribution in [0.1, 0.15) is 12.0 Å². The third-order valence-corrected chi connectivity index (χ3v) is 4.89. The van der Waals surface area contributed by atoms with Crippen LogP contribution in [0.2, 0.25) is 0 Å². The maximum atomic E-state index is 11.9. The van der Waals surface area contributed by atoms with Crippen LogP contribution in [0.3, 0.4) is 0 Å². The van der Waals surface area contributed by atoms with Gasteiger partial charge in [-0.1, -0.05) is 30.3 Å². The van der Waals surface area contributed by atoms with Crippen LogP contribution in [0.25, 0.3) is 0 Å². The minimum atomic E-state index is -3.77. The number of nitrogens with two attached hydrogens (primary N) is 1. The summed E-state index contributed by atoms with van der Waals surface area (Å²) >= 11 is 0. The zero-order chi connectivity index (χ0) is 14.2. The Morgan fingerprint density at radius 2 is 2.00 bits per heavy atom. The first-order valence-electron chi connectivity index (χ1n) is 6.34. The van der Waals surface area contributed by atoms with Gasteiger partial charge in [0.05, 0.1) is 0 Å². The maximum absolute atomic E-state index is 11.9. The van der Waals surface area contributed by atoms with Gasteiger partial charge in [-0.3, -0.25) is 4.99 Å². The fourth-order valence-electron chi connectivity index (χ4n) is 2.82. The maximum Gasteiger partial charge on any atom is 0.279 e. The minimum Gasteiger partial charge on any atom is -0.335 e. The molecule has 1 unspecified atom stereocenters. The summed E-state index contributed by atoms with van der Waals surface area (Å²) in [5, 5.41) is 5.37. The summed E-state index contributed by atoms with van der Waals surface area (Å²) in [4.78, 5) is 6.11. The van der Waals surface area contributed by atoms with Crippen LogP contribution in [-0.2, 0) is 15.9 Å². The quantitative estimate of drug-likeness (QED) is 0.886. The lowest BCUT2D eigenvalue weighted by Crippen LogP contribution is -2.68. The molecule has 1 saturated heterocycles. The number of allylic oxidation sites excluding steroid dienone is 1. The molecule has 1 aromatic rings. The molecule has 0 bridgehead atoms. The van der Waals surface area contributed by atoms with Gasteiger partial charge < -0.3 is 4.90 Å². The van der Waals surface area contributed by atoms with Crippen LogP contribution in [0, 0.1) is 0 Å². The van der Waals surface area contributed by atoms with E-state index in [2.05, 4.69) is 4.99 Å². The Morgan fingerprint density at radius 1 is 1.25 bits per heavy atom. The molecule has 2 N–H and O–H groups in total. The Bertz CT molecular complexity index is 656. The normalized spacial score (nSPS) is 26.6. The van der Waals surface area contributed by atoms with Crippen molar-refractivity contribution in [1.82, 2.24) is 9.21 Å². The van der Waals surface area contributed by atoms with E-state index in [0.29, 0.717) is 19.6 Å². The second kappa shape index (κ2) is 4.69. The average molecular weight is 292 g/mol. The number of nitrogens with zero attached hydrogens (tertiary/aromatic N) is 3. The summed E-state index contributed by atoms with van der Waals surface area (Å²) in [6, 6.07) is 9.54. The summed E-state index contributed by atoms with van der Waals surface area (Å²) in [5.41, 5.74) is 0.144. The predicted octanol–water partition coefficient (Wildman–Crippen LogP) is 0.606. The molecule has 1 fully saturated rings. The van der Waals surface area contributed by atoms with E-state index in [-0.39, 0.29) is 0 Å². The molecule has 6 nitrogen and oxygen atoms in total. The molecule has 2 aliphatic rings. The van der Waals surface area contributed by atoms with Gasteiger partial charge >= 0.3 is 0 Å². The van der Waals surface area contributed by atoms with Gasteiger partial charge in [-0.05, 0) is 11.6 Å². The number of rotatable bonds is 3. The molecular formula is C13H16N4O2S. The first-order chi connectivity index (χ1) is 9.55. The van der Waals surface area contributed by atoms with Crippen molar-refractivity contribution in [2.45, 2.75) is 12.1 Å². The molecule has 0 radical (unpaired) electrons. The minimum absolute atomic E-state index is 0.414. The van der Waals surface area contributed by atoms with Crippen molar-refractivity contribution in [2.24, 2.45) is 10.1 Å².